The fraction of sp³-hybridized carbons (Fsp3) is 0.255. The van der Waals surface area contributed by atoms with E-state index in [2.05, 4.69) is 78.1 Å². The summed E-state index contributed by atoms with van der Waals surface area (Å²) in [6.07, 6.45) is 16.5. The second-order valence-corrected chi connectivity index (χ2v) is 43.1. The van der Waals surface area contributed by atoms with Crippen molar-refractivity contribution in [1.82, 2.24) is 48.6 Å². The first kappa shape index (κ1) is 90.0. The van der Waals surface area contributed by atoms with Crippen LogP contribution in [0.5, 0.6) is 17.2 Å². The molecule has 0 saturated carbocycles. The molecule has 0 fully saturated rings. The predicted molar refractivity (Wildman–Crippen MR) is 489 cm³/mol. The van der Waals surface area contributed by atoms with Crippen molar-refractivity contribution in [2.45, 2.75) is 132 Å². The van der Waals surface area contributed by atoms with Crippen molar-refractivity contribution in [1.29, 1.82) is 5.26 Å². The number of methoxy groups -OCH3 is 3. The average molecular weight is 1750 g/mol. The summed E-state index contributed by atoms with van der Waals surface area (Å²) in [7, 11) is 4.99. The molecule has 0 aliphatic rings. The van der Waals surface area contributed by atoms with Gasteiger partial charge in [0.2, 0.25) is 17.6 Å². The van der Waals surface area contributed by atoms with E-state index in [-0.39, 0.29) is 57.1 Å². The monoisotopic (exact) mass is 1750 g/mol. The number of aryl methyl sites for hydroxylation is 3. The van der Waals surface area contributed by atoms with Gasteiger partial charge in [-0.15, -0.1) is 0 Å². The van der Waals surface area contributed by atoms with Crippen molar-refractivity contribution in [2.75, 3.05) is 38.1 Å². The first-order chi connectivity index (χ1) is 57.9. The van der Waals surface area contributed by atoms with Crippen LogP contribution in [0, 0.1) is 38.7 Å². The normalized spacial score (nSPS) is 11.7. The molecule has 8 aromatic heterocycles. The summed E-state index contributed by atoms with van der Waals surface area (Å²) in [6, 6.07) is 58.4. The number of pyridine rings is 6. The quantitative estimate of drug-likeness (QED) is 0.0226. The number of hydrogen-bond acceptors (Lipinski definition) is 19. The van der Waals surface area contributed by atoms with Gasteiger partial charge in [0.25, 0.3) is 16.7 Å². The topological polar surface area (TPSA) is 328 Å². The van der Waals surface area contributed by atoms with Crippen LogP contribution in [0.3, 0.4) is 0 Å². The molecule has 0 saturated heterocycles. The van der Waals surface area contributed by atoms with E-state index in [1.807, 2.05) is 217 Å². The van der Waals surface area contributed by atoms with E-state index in [9.17, 15) is 14.4 Å². The molecule has 6 aromatic carbocycles. The smallest absolute Gasteiger partial charge is 0.264 e. The zero-order valence-electron chi connectivity index (χ0n) is 69.7. The zero-order valence-corrected chi connectivity index (χ0v) is 74.1. The number of halogens is 2. The second kappa shape index (κ2) is 42.3. The van der Waals surface area contributed by atoms with Crippen molar-refractivity contribution >= 4 is 101 Å². The molecule has 14 rings (SSSR count). The van der Waals surface area contributed by atoms with Gasteiger partial charge in [-0.2, -0.15) is 10.2 Å². The maximum Gasteiger partial charge on any atom is 0.264 e. The molecule has 14 aromatic rings. The fourth-order valence-electron chi connectivity index (χ4n) is 14.5. The van der Waals surface area contributed by atoms with E-state index in [4.69, 9.17) is 72.2 Å². The Hall–Kier alpha value is -12.4. The van der Waals surface area contributed by atoms with E-state index in [1.54, 1.807) is 57.1 Å². The Morgan fingerprint density at radius 1 is 0.500 bits per heavy atom. The van der Waals surface area contributed by atoms with Crippen molar-refractivity contribution in [3.63, 3.8) is 0 Å². The molecule has 3 atom stereocenters. The van der Waals surface area contributed by atoms with Gasteiger partial charge in [0, 0.05) is 75.9 Å². The van der Waals surface area contributed by atoms with E-state index >= 15 is 0 Å². The van der Waals surface area contributed by atoms with Crippen molar-refractivity contribution < 1.29 is 14.2 Å². The van der Waals surface area contributed by atoms with Gasteiger partial charge < -0.3 is 37.7 Å². The minimum absolute atomic E-state index is 0.0536. The standard InChI is InChI=1S/C29H25N7O2.C24H23N3O2.C17H15ClN2O.C7H8NO.C5H3ClN4.3C4H9.Sn/c1-17(34-27-23(31-3)16-33-29(30)35-27)24-13-19-9-8-12-22(20-14-25(38-4)18(2)32-15-20)26(19)28(37)36(24)21-10-6-5-7-11-21;1-15(25)21-12-17-8-7-11-20(18-13-22(29-3)16(2)26-14-18)23(17)24(28)27(21)19-9-5-4-6-10-19;1-11(19)15-10-12-6-5-9-14(18)16(12)17(21)20(15)13-7-3-2-4-8-13;1-6-7(9-2)4-3-5-8-6;6-4-3(1-7)2-9-5(8)10-4;3*1-3-4-2;/h5-17H,1-2,4H3,(H3,30,33,34,35);4-15H,25H2,1-3H3;2-11H,19H2,1H3;4-5H,1-2H3;2H,(H2,8,9,10);3*1,3-4H2,2H3;/t17-;15-;11-;;;;;;/m000....../s1. The third-order valence-corrected chi connectivity index (χ3v) is 36.9. The Labute approximate surface area is 713 Å². The van der Waals surface area contributed by atoms with Crippen molar-refractivity contribution in [2.24, 2.45) is 11.5 Å². The summed E-state index contributed by atoms with van der Waals surface area (Å²) in [5.41, 5.74) is 33.6. The van der Waals surface area contributed by atoms with Gasteiger partial charge in [-0.1, -0.05) is 126 Å². The van der Waals surface area contributed by atoms with Gasteiger partial charge in [0.15, 0.2) is 5.15 Å². The SMILES string of the molecule is CCC[CH2][Sn]([CH2]CCC)([CH2]CCC)[c]1cnc(C)c(OC)c1.COc1cc(-c2cccc3cc([C@H](C)N)n(-c4ccccc4)c(=O)c23)cnc1C.C[C@H](N)c1cc2cccc(Cl)c2c(=O)n1-c1ccccc1.N#Cc1cnc(N)nc1Cl.[C-]#[N+]c1cnc(N)nc1N[C@@H](C)c1cc2cccc(-c3cnc(C)c(OC)c3)c2c(=O)n1-c1ccccc1. The van der Waals surface area contributed by atoms with E-state index < -0.39 is 24.4 Å². The number of unbranched alkanes of at least 4 members (excludes halogenated alkanes) is 3. The molecule has 0 spiro atoms. The van der Waals surface area contributed by atoms with Crippen molar-refractivity contribution in [3.8, 4) is 62.6 Å². The van der Waals surface area contributed by atoms with Crippen LogP contribution in [0.2, 0.25) is 23.5 Å². The Bertz CT molecular complexity index is 6180. The number of nitrogen functional groups attached to an aromatic ring is 2. The van der Waals surface area contributed by atoms with E-state index in [1.165, 1.54) is 64.2 Å². The molecule has 0 amide bonds. The average Bonchev–Trinajstić information content (AvgIpc) is 0.756. The van der Waals surface area contributed by atoms with E-state index in [0.717, 1.165) is 84.0 Å². The number of nitrogens with one attached hydrogen (secondary N) is 1. The molecule has 0 radical (unpaired) electrons. The van der Waals surface area contributed by atoms with Crippen LogP contribution in [0.25, 0.3) is 76.5 Å². The third-order valence-electron chi connectivity index (χ3n) is 20.8. The van der Waals surface area contributed by atoms with Crippen molar-refractivity contribution in [3.05, 3.63) is 305 Å². The molecule has 616 valence electrons. The second-order valence-electron chi connectivity index (χ2n) is 29.1. The molecule has 0 unspecified atom stereocenters. The van der Waals surface area contributed by atoms with E-state index in [0.29, 0.717) is 49.9 Å². The van der Waals surface area contributed by atoms with Gasteiger partial charge in [-0.05, 0) is 135 Å². The first-order valence-electron chi connectivity index (χ1n) is 39.7. The van der Waals surface area contributed by atoms with Gasteiger partial charge in [-0.25, -0.2) is 19.8 Å². The number of aromatic nitrogens is 10. The molecular weight excluding hydrogens is 1650 g/mol. The number of hydrogen-bond donors (Lipinski definition) is 5. The maximum atomic E-state index is 14.3. The molecule has 26 heteroatoms. The number of nitrogens with zero attached hydrogens (tertiary/aromatic N) is 12. The van der Waals surface area contributed by atoms with Crippen LogP contribution in [-0.2, 0) is 0 Å². The number of nitrogens with two attached hydrogens (primary N) is 4. The Kier molecular flexibility index (Phi) is 31.8. The van der Waals surface area contributed by atoms with Crippen LogP contribution >= 0.6 is 23.2 Å². The summed E-state index contributed by atoms with van der Waals surface area (Å²) in [5.74, 6) is 2.76. The zero-order chi connectivity index (χ0) is 86.3. The Balaban J connectivity index is 0.000000166. The number of benzene rings is 6. The molecule has 0 aliphatic carbocycles. The van der Waals surface area contributed by atoms with Gasteiger partial charge >= 0.3 is 142 Å². The summed E-state index contributed by atoms with van der Waals surface area (Å²) in [6.45, 7) is 25.9. The van der Waals surface area contributed by atoms with Crippen LogP contribution in [0.15, 0.2) is 227 Å². The Morgan fingerprint density at radius 3 is 1.31 bits per heavy atom. The fourth-order valence-corrected chi connectivity index (χ4v) is 30.6. The molecule has 0 aliphatic heterocycles. The predicted octanol–water partition coefficient (Wildman–Crippen LogP) is 19.6. The first-order valence-corrected chi connectivity index (χ1v) is 48.0. The number of ether oxygens (including phenoxy) is 3. The third kappa shape index (κ3) is 21.2. The molecular formula is C94H101Cl2N17O6Sn. The van der Waals surface area contributed by atoms with Crippen LogP contribution < -0.4 is 62.7 Å². The van der Waals surface area contributed by atoms with Gasteiger partial charge in [0.1, 0.15) is 28.9 Å². The largest absolute Gasteiger partial charge is 0.495 e. The maximum absolute atomic E-state index is 14.3. The van der Waals surface area contributed by atoms with Crippen LogP contribution in [-0.4, -0.2) is 88.3 Å². The number of fused-ring (bicyclic) bond motifs is 3. The number of rotatable bonds is 23. The van der Waals surface area contributed by atoms with Crippen LogP contribution in [0.1, 0.15) is 138 Å². The summed E-state index contributed by atoms with van der Waals surface area (Å²) >= 11 is 9.35. The van der Waals surface area contributed by atoms with Gasteiger partial charge in [-0.3, -0.25) is 38.1 Å². The number of para-hydroxylation sites is 3. The minimum Gasteiger partial charge on any atom is -0.495 e. The molecule has 9 N–H and O–H groups in total. The van der Waals surface area contributed by atoms with Crippen LogP contribution in [0.4, 0.5) is 23.4 Å². The molecule has 23 nitrogen and oxygen atoms in total. The summed E-state index contributed by atoms with van der Waals surface area (Å²) in [5, 5.41) is 16.3. The molecule has 8 heterocycles. The summed E-state index contributed by atoms with van der Waals surface area (Å²) < 4.78 is 27.6. The number of anilines is 3. The Morgan fingerprint density at radius 2 is 0.892 bits per heavy atom. The van der Waals surface area contributed by atoms with Gasteiger partial charge in [0.05, 0.1) is 65.6 Å². The molecule has 120 heavy (non-hydrogen) atoms. The summed E-state index contributed by atoms with van der Waals surface area (Å²) in [4.78, 5) is 73.2. The minimum atomic E-state index is -2.34. The molecule has 0 bridgehead atoms. The number of nitriles is 1.